The lowest BCUT2D eigenvalue weighted by atomic mass is 9.98. The Bertz CT molecular complexity index is 891. The van der Waals surface area contributed by atoms with Crippen molar-refractivity contribution in [2.24, 2.45) is 0 Å². The van der Waals surface area contributed by atoms with E-state index in [4.69, 9.17) is 0 Å². The van der Waals surface area contributed by atoms with Gasteiger partial charge in [-0.1, -0.05) is 30.3 Å². The summed E-state index contributed by atoms with van der Waals surface area (Å²) in [4.78, 5) is 4.69. The molecule has 0 fully saturated rings. The van der Waals surface area contributed by atoms with E-state index < -0.39 is 0 Å². The maximum atomic E-state index is 14.7. The largest absolute Gasteiger partial charge is 0.334 e. The molecule has 1 aromatic heterocycles. The van der Waals surface area contributed by atoms with Gasteiger partial charge in [0.1, 0.15) is 11.6 Å². The van der Waals surface area contributed by atoms with Crippen molar-refractivity contribution >= 4 is 12.4 Å². The SMILES string of the molecule is Cc1ccc(-c2ccc(-c3cn4c(n3)CCCC4)cc2F)cc1C.Cl. The molecule has 0 unspecified atom stereocenters. The Labute approximate surface area is 154 Å². The van der Waals surface area contributed by atoms with Crippen molar-refractivity contribution in [3.63, 3.8) is 0 Å². The lowest BCUT2D eigenvalue weighted by Crippen LogP contribution is -2.08. The van der Waals surface area contributed by atoms with Gasteiger partial charge in [-0.2, -0.15) is 0 Å². The number of nitrogens with zero attached hydrogens (tertiary/aromatic N) is 2. The van der Waals surface area contributed by atoms with Crippen molar-refractivity contribution in [2.45, 2.75) is 39.7 Å². The molecule has 25 heavy (non-hydrogen) atoms. The summed E-state index contributed by atoms with van der Waals surface area (Å²) in [6.07, 6.45) is 5.46. The third-order valence-electron chi connectivity index (χ3n) is 4.99. The summed E-state index contributed by atoms with van der Waals surface area (Å²) in [6.45, 7) is 5.14. The lowest BCUT2D eigenvalue weighted by Gasteiger charge is -2.11. The molecule has 3 aromatic rings. The molecule has 0 atom stereocenters. The quantitative estimate of drug-likeness (QED) is 0.573. The normalized spacial score (nSPS) is 13.2. The van der Waals surface area contributed by atoms with Gasteiger partial charge in [-0.25, -0.2) is 9.37 Å². The fourth-order valence-electron chi connectivity index (χ4n) is 3.37. The lowest BCUT2D eigenvalue weighted by molar-refractivity contribution is 0.522. The van der Waals surface area contributed by atoms with E-state index in [1.165, 1.54) is 24.0 Å². The first kappa shape index (κ1) is 17.7. The highest BCUT2D eigenvalue weighted by atomic mass is 35.5. The first-order chi connectivity index (χ1) is 11.6. The van der Waals surface area contributed by atoms with Crippen LogP contribution in [-0.2, 0) is 13.0 Å². The van der Waals surface area contributed by atoms with Crippen LogP contribution in [0.3, 0.4) is 0 Å². The maximum absolute atomic E-state index is 14.7. The fourth-order valence-corrected chi connectivity index (χ4v) is 3.37. The Hall–Kier alpha value is -2.13. The van der Waals surface area contributed by atoms with Gasteiger partial charge in [0.25, 0.3) is 0 Å². The van der Waals surface area contributed by atoms with Crippen LogP contribution >= 0.6 is 12.4 Å². The summed E-state index contributed by atoms with van der Waals surface area (Å²) in [7, 11) is 0. The van der Waals surface area contributed by atoms with Crippen LogP contribution in [0.4, 0.5) is 4.39 Å². The Balaban J connectivity index is 0.00000182. The van der Waals surface area contributed by atoms with E-state index in [1.54, 1.807) is 6.07 Å². The molecule has 1 aliphatic rings. The van der Waals surface area contributed by atoms with E-state index in [0.717, 1.165) is 35.6 Å². The van der Waals surface area contributed by atoms with E-state index in [0.29, 0.717) is 5.56 Å². The number of rotatable bonds is 2. The zero-order chi connectivity index (χ0) is 16.7. The van der Waals surface area contributed by atoms with Crippen LogP contribution in [0.2, 0.25) is 0 Å². The number of hydrogen-bond donors (Lipinski definition) is 0. The van der Waals surface area contributed by atoms with Crippen molar-refractivity contribution in [1.29, 1.82) is 0 Å². The number of benzene rings is 2. The second kappa shape index (κ2) is 7.01. The minimum absolute atomic E-state index is 0. The van der Waals surface area contributed by atoms with Crippen LogP contribution in [0.15, 0.2) is 42.6 Å². The third kappa shape index (κ3) is 3.34. The molecule has 0 spiro atoms. The molecule has 0 radical (unpaired) electrons. The predicted molar refractivity (Wildman–Crippen MR) is 103 cm³/mol. The van der Waals surface area contributed by atoms with Gasteiger partial charge in [0.2, 0.25) is 0 Å². The van der Waals surface area contributed by atoms with Crippen LogP contribution < -0.4 is 0 Å². The highest BCUT2D eigenvalue weighted by molar-refractivity contribution is 5.85. The summed E-state index contributed by atoms with van der Waals surface area (Å²) in [5.41, 5.74) is 5.69. The predicted octanol–water partition coefficient (Wildman–Crippen LogP) is 5.73. The molecule has 2 aromatic carbocycles. The molecule has 1 aliphatic heterocycles. The smallest absolute Gasteiger partial charge is 0.131 e. The molecule has 130 valence electrons. The molecule has 2 nitrogen and oxygen atoms in total. The Kier molecular flexibility index (Phi) is 4.96. The number of halogens is 2. The zero-order valence-corrected chi connectivity index (χ0v) is 15.4. The van der Waals surface area contributed by atoms with Crippen LogP contribution in [0, 0.1) is 19.7 Å². The topological polar surface area (TPSA) is 17.8 Å². The summed E-state index contributed by atoms with van der Waals surface area (Å²) < 4.78 is 16.9. The highest BCUT2D eigenvalue weighted by Crippen LogP contribution is 2.29. The number of aryl methyl sites for hydroxylation is 4. The summed E-state index contributed by atoms with van der Waals surface area (Å²) in [5.74, 6) is 0.927. The van der Waals surface area contributed by atoms with Crippen LogP contribution in [-0.4, -0.2) is 9.55 Å². The minimum atomic E-state index is -0.193. The van der Waals surface area contributed by atoms with Gasteiger partial charge in [0.15, 0.2) is 0 Å². The number of aromatic nitrogens is 2. The fraction of sp³-hybridized carbons (Fsp3) is 0.286. The molecule has 0 bridgehead atoms. The highest BCUT2D eigenvalue weighted by Gasteiger charge is 2.15. The molecule has 0 N–H and O–H groups in total. The van der Waals surface area contributed by atoms with Gasteiger partial charge >= 0.3 is 0 Å². The van der Waals surface area contributed by atoms with Gasteiger partial charge in [-0.3, -0.25) is 0 Å². The molecule has 4 rings (SSSR count). The monoisotopic (exact) mass is 356 g/mol. The summed E-state index contributed by atoms with van der Waals surface area (Å²) in [6, 6.07) is 11.5. The van der Waals surface area contributed by atoms with E-state index in [9.17, 15) is 4.39 Å². The van der Waals surface area contributed by atoms with Gasteiger partial charge in [-0.05, 0) is 49.4 Å². The standard InChI is InChI=1S/C21H21FN2.ClH/c1-14-6-7-16(11-15(14)2)18-9-8-17(12-19(18)22)20-13-24-10-4-3-5-21(24)23-20;/h6-9,11-13H,3-5,10H2,1-2H3;1H. The molecule has 2 heterocycles. The van der Waals surface area contributed by atoms with E-state index in [2.05, 4.69) is 29.6 Å². The van der Waals surface area contributed by atoms with E-state index in [1.807, 2.05) is 30.3 Å². The van der Waals surface area contributed by atoms with Crippen molar-refractivity contribution in [3.05, 3.63) is 65.4 Å². The number of imidazole rings is 1. The number of fused-ring (bicyclic) bond motifs is 1. The summed E-state index contributed by atoms with van der Waals surface area (Å²) in [5, 5.41) is 0. The van der Waals surface area contributed by atoms with Crippen molar-refractivity contribution in [1.82, 2.24) is 9.55 Å². The molecule has 4 heteroatoms. The van der Waals surface area contributed by atoms with Gasteiger partial charge < -0.3 is 4.57 Å². The minimum Gasteiger partial charge on any atom is -0.334 e. The van der Waals surface area contributed by atoms with Crippen molar-refractivity contribution in [3.8, 4) is 22.4 Å². The van der Waals surface area contributed by atoms with Gasteiger partial charge in [-0.15, -0.1) is 12.4 Å². The Morgan fingerprint density at radius 2 is 1.76 bits per heavy atom. The maximum Gasteiger partial charge on any atom is 0.131 e. The second-order valence-electron chi connectivity index (χ2n) is 6.69. The first-order valence-corrected chi connectivity index (χ1v) is 8.55. The molecule has 0 saturated carbocycles. The first-order valence-electron chi connectivity index (χ1n) is 8.55. The Morgan fingerprint density at radius 3 is 2.48 bits per heavy atom. The Morgan fingerprint density at radius 1 is 0.960 bits per heavy atom. The van der Waals surface area contributed by atoms with Gasteiger partial charge in [0, 0.05) is 30.3 Å². The summed E-state index contributed by atoms with van der Waals surface area (Å²) >= 11 is 0. The van der Waals surface area contributed by atoms with Crippen LogP contribution in [0.5, 0.6) is 0 Å². The molecule has 0 amide bonds. The van der Waals surface area contributed by atoms with E-state index >= 15 is 0 Å². The molecule has 0 aliphatic carbocycles. The zero-order valence-electron chi connectivity index (χ0n) is 14.6. The third-order valence-corrected chi connectivity index (χ3v) is 4.99. The average molecular weight is 357 g/mol. The van der Waals surface area contributed by atoms with Crippen LogP contribution in [0.25, 0.3) is 22.4 Å². The number of hydrogen-bond acceptors (Lipinski definition) is 1. The van der Waals surface area contributed by atoms with Crippen molar-refractivity contribution in [2.75, 3.05) is 0 Å². The van der Waals surface area contributed by atoms with Crippen LogP contribution in [0.1, 0.15) is 29.8 Å². The molecular formula is C21H22ClFN2. The molecule has 0 saturated heterocycles. The van der Waals surface area contributed by atoms with Crippen molar-refractivity contribution < 1.29 is 4.39 Å². The van der Waals surface area contributed by atoms with Gasteiger partial charge in [0.05, 0.1) is 5.69 Å². The average Bonchev–Trinajstić information content (AvgIpc) is 3.01. The van der Waals surface area contributed by atoms with E-state index in [-0.39, 0.29) is 18.2 Å². The molecular weight excluding hydrogens is 335 g/mol. The second-order valence-corrected chi connectivity index (χ2v) is 6.69.